The molecule has 0 aromatic heterocycles. The summed E-state index contributed by atoms with van der Waals surface area (Å²) < 4.78 is 44.5. The largest absolute Gasteiger partial charge is 0.481 e. The minimum Gasteiger partial charge on any atom is -0.481 e. The molecule has 0 aliphatic carbocycles. The molecular weight excluding hydrogens is 389 g/mol. The Morgan fingerprint density at radius 1 is 1.04 bits per heavy atom. The first kappa shape index (κ1) is 21.3. The summed E-state index contributed by atoms with van der Waals surface area (Å²) in [5, 5.41) is 0. The van der Waals surface area contributed by atoms with Crippen LogP contribution in [0.25, 0.3) is 0 Å². The molecule has 10 heteroatoms. The van der Waals surface area contributed by atoms with E-state index in [1.165, 1.54) is 43.3 Å². The van der Waals surface area contributed by atoms with Crippen LogP contribution in [0.5, 0.6) is 5.75 Å². The van der Waals surface area contributed by atoms with Gasteiger partial charge >= 0.3 is 0 Å². The van der Waals surface area contributed by atoms with Gasteiger partial charge in [-0.2, -0.15) is 0 Å². The summed E-state index contributed by atoms with van der Waals surface area (Å²) in [5.41, 5.74) is 4.35. The number of rotatable bonds is 8. The third kappa shape index (κ3) is 6.63. The molecule has 1 atom stereocenters. The number of ether oxygens (including phenoxy) is 1. The van der Waals surface area contributed by atoms with Gasteiger partial charge in [0.2, 0.25) is 15.9 Å². The van der Waals surface area contributed by atoms with Crippen molar-refractivity contribution >= 4 is 21.8 Å². The predicted octanol–water partition coefficient (Wildman–Crippen LogP) is 1.11. The van der Waals surface area contributed by atoms with Crippen LogP contribution in [-0.2, 0) is 19.6 Å². The van der Waals surface area contributed by atoms with Crippen molar-refractivity contribution in [1.29, 1.82) is 0 Å². The fraction of sp³-hybridized carbons (Fsp3) is 0.222. The number of benzene rings is 2. The zero-order chi connectivity index (χ0) is 20.6. The SMILES string of the molecule is C[C@@H](Oc1ccc(F)cc1)C(=O)NNC(=O)CCNS(=O)(=O)c1ccccc1. The van der Waals surface area contributed by atoms with Crippen molar-refractivity contribution < 1.29 is 27.1 Å². The molecular formula is C18H20FN3O5S. The minimum absolute atomic E-state index is 0.0930. The van der Waals surface area contributed by atoms with E-state index in [0.29, 0.717) is 5.75 Å². The molecule has 0 radical (unpaired) electrons. The van der Waals surface area contributed by atoms with Crippen molar-refractivity contribution in [3.8, 4) is 5.75 Å². The summed E-state index contributed by atoms with van der Waals surface area (Å²) in [5.74, 6) is -1.34. The Bertz CT molecular complexity index is 905. The number of amides is 2. The molecule has 0 bridgehead atoms. The molecule has 2 amide bonds. The molecule has 0 aliphatic rings. The summed E-state index contributed by atoms with van der Waals surface area (Å²) in [4.78, 5) is 23.7. The number of carbonyl (C=O) groups excluding carboxylic acids is 2. The van der Waals surface area contributed by atoms with Crippen LogP contribution < -0.4 is 20.3 Å². The maximum atomic E-state index is 12.8. The highest BCUT2D eigenvalue weighted by atomic mass is 32.2. The van der Waals surface area contributed by atoms with E-state index in [1.807, 2.05) is 0 Å². The van der Waals surface area contributed by atoms with Gasteiger partial charge in [0.15, 0.2) is 6.10 Å². The van der Waals surface area contributed by atoms with E-state index in [0.717, 1.165) is 0 Å². The van der Waals surface area contributed by atoms with E-state index in [2.05, 4.69) is 15.6 Å². The zero-order valence-corrected chi connectivity index (χ0v) is 15.8. The van der Waals surface area contributed by atoms with Gasteiger partial charge in [0, 0.05) is 13.0 Å². The molecule has 0 heterocycles. The lowest BCUT2D eigenvalue weighted by molar-refractivity contribution is -0.132. The fourth-order valence-electron chi connectivity index (χ4n) is 2.05. The smallest absolute Gasteiger partial charge is 0.279 e. The van der Waals surface area contributed by atoms with Gasteiger partial charge in [0.1, 0.15) is 11.6 Å². The Kier molecular flexibility index (Phi) is 7.47. The number of sulfonamides is 1. The van der Waals surface area contributed by atoms with Crippen LogP contribution >= 0.6 is 0 Å². The summed E-state index contributed by atoms with van der Waals surface area (Å²) in [6, 6.07) is 12.9. The quantitative estimate of drug-likeness (QED) is 0.565. The topological polar surface area (TPSA) is 114 Å². The molecule has 2 aromatic rings. The highest BCUT2D eigenvalue weighted by Gasteiger charge is 2.16. The number of hydrogen-bond acceptors (Lipinski definition) is 5. The Labute approximate surface area is 162 Å². The Morgan fingerprint density at radius 3 is 2.32 bits per heavy atom. The van der Waals surface area contributed by atoms with Crippen molar-refractivity contribution in [3.05, 3.63) is 60.4 Å². The van der Waals surface area contributed by atoms with E-state index in [-0.39, 0.29) is 17.9 Å². The minimum atomic E-state index is -3.70. The summed E-state index contributed by atoms with van der Waals surface area (Å²) in [6.45, 7) is 1.32. The Balaban J connectivity index is 1.71. The lowest BCUT2D eigenvalue weighted by atomic mass is 10.3. The summed E-state index contributed by atoms with van der Waals surface area (Å²) in [6.07, 6.45) is -1.12. The van der Waals surface area contributed by atoms with Crippen LogP contribution in [-0.4, -0.2) is 32.9 Å². The molecule has 0 aliphatic heterocycles. The Hall–Kier alpha value is -2.98. The molecule has 28 heavy (non-hydrogen) atoms. The van der Waals surface area contributed by atoms with Gasteiger partial charge in [-0.15, -0.1) is 0 Å². The maximum Gasteiger partial charge on any atom is 0.279 e. The van der Waals surface area contributed by atoms with Gasteiger partial charge in [0.25, 0.3) is 5.91 Å². The lowest BCUT2D eigenvalue weighted by Gasteiger charge is -2.15. The Morgan fingerprint density at radius 2 is 1.68 bits per heavy atom. The lowest BCUT2D eigenvalue weighted by Crippen LogP contribution is -2.47. The number of hydrogen-bond donors (Lipinski definition) is 3. The van der Waals surface area contributed by atoms with E-state index < -0.39 is 33.8 Å². The van der Waals surface area contributed by atoms with Crippen LogP contribution in [0.3, 0.4) is 0 Å². The molecule has 0 unspecified atom stereocenters. The molecule has 8 nitrogen and oxygen atoms in total. The normalized spacial score (nSPS) is 12.1. The fourth-order valence-corrected chi connectivity index (χ4v) is 3.10. The summed E-state index contributed by atoms with van der Waals surface area (Å²) in [7, 11) is -3.70. The maximum absolute atomic E-state index is 12.8. The second-order valence-corrected chi connectivity index (χ2v) is 7.48. The predicted molar refractivity (Wildman–Crippen MR) is 99.0 cm³/mol. The number of hydrazine groups is 1. The van der Waals surface area contributed by atoms with Crippen LogP contribution in [0.1, 0.15) is 13.3 Å². The molecule has 0 spiro atoms. The van der Waals surface area contributed by atoms with E-state index in [1.54, 1.807) is 18.2 Å². The molecule has 0 saturated heterocycles. The monoisotopic (exact) mass is 409 g/mol. The van der Waals surface area contributed by atoms with Crippen molar-refractivity contribution in [2.45, 2.75) is 24.3 Å². The first-order valence-corrected chi connectivity index (χ1v) is 9.82. The second-order valence-electron chi connectivity index (χ2n) is 5.71. The van der Waals surface area contributed by atoms with Gasteiger partial charge in [-0.3, -0.25) is 20.4 Å². The zero-order valence-electron chi connectivity index (χ0n) is 15.0. The number of nitrogens with one attached hydrogen (secondary N) is 3. The third-order valence-electron chi connectivity index (χ3n) is 3.52. The average Bonchev–Trinajstić information content (AvgIpc) is 2.68. The van der Waals surface area contributed by atoms with Gasteiger partial charge in [-0.05, 0) is 43.3 Å². The summed E-state index contributed by atoms with van der Waals surface area (Å²) >= 11 is 0. The second kappa shape index (κ2) is 9.81. The first-order chi connectivity index (χ1) is 13.3. The van der Waals surface area contributed by atoms with Crippen LogP contribution in [0, 0.1) is 5.82 Å². The molecule has 150 valence electrons. The molecule has 2 aromatic carbocycles. The van der Waals surface area contributed by atoms with E-state index >= 15 is 0 Å². The van der Waals surface area contributed by atoms with Crippen LogP contribution in [0.4, 0.5) is 4.39 Å². The van der Waals surface area contributed by atoms with Crippen molar-refractivity contribution in [3.63, 3.8) is 0 Å². The van der Waals surface area contributed by atoms with Crippen molar-refractivity contribution in [1.82, 2.24) is 15.6 Å². The molecule has 0 fully saturated rings. The highest BCUT2D eigenvalue weighted by molar-refractivity contribution is 7.89. The first-order valence-electron chi connectivity index (χ1n) is 8.33. The number of halogens is 1. The van der Waals surface area contributed by atoms with Gasteiger partial charge < -0.3 is 4.74 Å². The van der Waals surface area contributed by atoms with Gasteiger partial charge in [-0.1, -0.05) is 18.2 Å². The van der Waals surface area contributed by atoms with Gasteiger partial charge in [-0.25, -0.2) is 17.5 Å². The molecule has 0 saturated carbocycles. The van der Waals surface area contributed by atoms with E-state index in [9.17, 15) is 22.4 Å². The standard InChI is InChI=1S/C18H20FN3O5S/c1-13(27-15-9-7-14(19)8-10-15)18(24)22-21-17(23)11-12-20-28(25,26)16-5-3-2-4-6-16/h2-10,13,20H,11-12H2,1H3,(H,21,23)(H,22,24)/t13-/m1/s1. The molecule has 2 rings (SSSR count). The number of carbonyl (C=O) groups is 2. The van der Waals surface area contributed by atoms with Gasteiger partial charge in [0.05, 0.1) is 4.90 Å². The van der Waals surface area contributed by atoms with Crippen LogP contribution in [0.2, 0.25) is 0 Å². The average molecular weight is 409 g/mol. The molecule has 3 N–H and O–H groups in total. The third-order valence-corrected chi connectivity index (χ3v) is 5.00. The highest BCUT2D eigenvalue weighted by Crippen LogP contribution is 2.12. The van der Waals surface area contributed by atoms with Crippen LogP contribution in [0.15, 0.2) is 59.5 Å². The van der Waals surface area contributed by atoms with E-state index in [4.69, 9.17) is 4.74 Å². The van der Waals surface area contributed by atoms with Crippen molar-refractivity contribution in [2.24, 2.45) is 0 Å². The van der Waals surface area contributed by atoms with Crippen molar-refractivity contribution in [2.75, 3.05) is 6.54 Å².